The zero-order valence-corrected chi connectivity index (χ0v) is 20.9. The third-order valence-corrected chi connectivity index (χ3v) is 5.62. The molecule has 0 radical (unpaired) electrons. The van der Waals surface area contributed by atoms with Gasteiger partial charge < -0.3 is 5.11 Å². The third kappa shape index (κ3) is 6.33. The van der Waals surface area contributed by atoms with Gasteiger partial charge in [0.2, 0.25) is 0 Å². The molecular formula is C26H27Cl2OTi-. The molecule has 0 saturated heterocycles. The van der Waals surface area contributed by atoms with Gasteiger partial charge in [0.15, 0.2) is 0 Å². The van der Waals surface area contributed by atoms with Crippen molar-refractivity contribution in [2.75, 3.05) is 0 Å². The summed E-state index contributed by atoms with van der Waals surface area (Å²) < 4.78 is 0. The van der Waals surface area contributed by atoms with Gasteiger partial charge in [-0.1, -0.05) is 83.1 Å². The Morgan fingerprint density at radius 2 is 1.47 bits per heavy atom. The molecule has 4 rings (SSSR count). The molecule has 0 aromatic heterocycles. The molecule has 1 atom stereocenters. The molecule has 4 heteroatoms. The van der Waals surface area contributed by atoms with E-state index in [0.29, 0.717) is 5.92 Å². The van der Waals surface area contributed by atoms with Crippen molar-refractivity contribution in [3.05, 3.63) is 101 Å². The van der Waals surface area contributed by atoms with Crippen LogP contribution in [0.2, 0.25) is 0 Å². The summed E-state index contributed by atoms with van der Waals surface area (Å²) in [6.07, 6.45) is 0. The van der Waals surface area contributed by atoms with Crippen molar-refractivity contribution in [2.24, 2.45) is 5.92 Å². The maximum atomic E-state index is 8.54. The first-order chi connectivity index (χ1) is 14.4. The predicted octanol–water partition coefficient (Wildman–Crippen LogP) is 7.95. The van der Waals surface area contributed by atoms with Crippen LogP contribution in [-0.2, 0) is 23.6 Å². The quantitative estimate of drug-likeness (QED) is 0.295. The van der Waals surface area contributed by atoms with E-state index in [0.717, 1.165) is 5.56 Å². The molecule has 0 bridgehead atoms. The fourth-order valence-electron chi connectivity index (χ4n) is 3.66. The number of fused-ring (bicyclic) bond motifs is 1. The Morgan fingerprint density at radius 1 is 0.867 bits per heavy atom. The first kappa shape index (κ1) is 24.9. The van der Waals surface area contributed by atoms with Crippen LogP contribution in [0, 0.1) is 12.0 Å². The number of benzene rings is 3. The average Bonchev–Trinajstić information content (AvgIpc) is 2.97. The summed E-state index contributed by atoms with van der Waals surface area (Å²) in [5.74, 6) is 0.511. The van der Waals surface area contributed by atoms with E-state index >= 15 is 0 Å². The molecule has 156 valence electrons. The SMILES string of the molecule is CC1=C(C)C(C)C(c2[c-]c3ccccc3cc2)=C1C.OCc1ccccc1.[Cl][Ti][Cl]. The van der Waals surface area contributed by atoms with Crippen molar-refractivity contribution in [3.63, 3.8) is 0 Å². The van der Waals surface area contributed by atoms with Crippen LogP contribution in [0.3, 0.4) is 0 Å². The second-order valence-electron chi connectivity index (χ2n) is 7.24. The van der Waals surface area contributed by atoms with Crippen molar-refractivity contribution >= 4 is 35.0 Å². The molecule has 1 aliphatic carbocycles. The zero-order valence-electron chi connectivity index (χ0n) is 17.8. The number of aliphatic hydroxyl groups excluding tert-OH is 1. The number of halogens is 2. The van der Waals surface area contributed by atoms with E-state index in [1.54, 1.807) is 0 Å². The van der Waals surface area contributed by atoms with Gasteiger partial charge in [0.05, 0.1) is 6.61 Å². The van der Waals surface area contributed by atoms with Crippen LogP contribution >= 0.6 is 18.6 Å². The van der Waals surface area contributed by atoms with E-state index in [-0.39, 0.29) is 6.61 Å². The van der Waals surface area contributed by atoms with Crippen molar-refractivity contribution in [1.82, 2.24) is 0 Å². The molecule has 0 aliphatic heterocycles. The standard InChI is InChI=1S/C19H19.C7H8O.2ClH.Ti/c1-12-13(2)15(4)19(14(12)3)18-10-9-16-7-5-6-8-17(16)11-18;8-6-7-4-2-1-3-5-7;;;/h5-10,14H,1-4H3;1-5,8H,6H2;2*1H;/q-1;;;;+2/p-2. The molecule has 3 aromatic carbocycles. The van der Waals surface area contributed by atoms with Crippen LogP contribution in [0.5, 0.6) is 0 Å². The summed E-state index contributed by atoms with van der Waals surface area (Å²) in [6.45, 7) is 9.15. The predicted molar refractivity (Wildman–Crippen MR) is 127 cm³/mol. The number of allylic oxidation sites excluding steroid dienone is 4. The Balaban J connectivity index is 0.000000243. The van der Waals surface area contributed by atoms with Crippen LogP contribution < -0.4 is 0 Å². The topological polar surface area (TPSA) is 20.2 Å². The maximum absolute atomic E-state index is 8.54. The van der Waals surface area contributed by atoms with Crippen LogP contribution in [0.1, 0.15) is 38.8 Å². The summed E-state index contributed by atoms with van der Waals surface area (Å²) in [5, 5.41) is 11.0. The molecule has 1 aliphatic rings. The van der Waals surface area contributed by atoms with Crippen molar-refractivity contribution in [2.45, 2.75) is 34.3 Å². The molecule has 1 unspecified atom stereocenters. The van der Waals surface area contributed by atoms with Crippen molar-refractivity contribution in [1.29, 1.82) is 0 Å². The zero-order chi connectivity index (χ0) is 22.1. The van der Waals surface area contributed by atoms with Crippen LogP contribution in [0.25, 0.3) is 16.3 Å². The van der Waals surface area contributed by atoms with Crippen LogP contribution in [-0.4, -0.2) is 5.11 Å². The second-order valence-corrected chi connectivity index (χ2v) is 9.82. The average molecular weight is 474 g/mol. The summed E-state index contributed by atoms with van der Waals surface area (Å²) in [7, 11) is 9.78. The first-order valence-electron chi connectivity index (χ1n) is 9.85. The minimum absolute atomic E-state index is 0.140. The molecule has 0 heterocycles. The van der Waals surface area contributed by atoms with Gasteiger partial charge in [-0.2, -0.15) is 0 Å². The van der Waals surface area contributed by atoms with Crippen LogP contribution in [0.4, 0.5) is 0 Å². The normalized spacial score (nSPS) is 15.4. The molecule has 3 aromatic rings. The van der Waals surface area contributed by atoms with Gasteiger partial charge in [0.25, 0.3) is 0 Å². The van der Waals surface area contributed by atoms with Gasteiger partial charge in [-0.15, -0.1) is 35.2 Å². The number of hydrogen-bond donors (Lipinski definition) is 1. The van der Waals surface area contributed by atoms with Gasteiger partial charge >= 0.3 is 35.6 Å². The third-order valence-electron chi connectivity index (χ3n) is 5.62. The molecule has 0 fully saturated rings. The monoisotopic (exact) mass is 473 g/mol. The molecule has 30 heavy (non-hydrogen) atoms. The fourth-order valence-corrected chi connectivity index (χ4v) is 3.66. The summed E-state index contributed by atoms with van der Waals surface area (Å²) in [6, 6.07) is 26.0. The van der Waals surface area contributed by atoms with E-state index in [4.69, 9.17) is 23.7 Å². The molecule has 0 spiro atoms. The van der Waals surface area contributed by atoms with Gasteiger partial charge in [-0.3, -0.25) is 0 Å². The first-order valence-corrected chi connectivity index (χ1v) is 14.1. The Hall–Kier alpha value is -1.35. The number of rotatable bonds is 2. The molecule has 1 nitrogen and oxygen atoms in total. The number of hydrogen-bond acceptors (Lipinski definition) is 1. The van der Waals surface area contributed by atoms with E-state index in [2.05, 4.69) is 70.2 Å². The molecule has 1 N–H and O–H groups in total. The van der Waals surface area contributed by atoms with Gasteiger partial charge in [-0.05, 0) is 32.3 Å². The molecule has 0 amide bonds. The van der Waals surface area contributed by atoms with E-state index in [9.17, 15) is 0 Å². The minimum atomic E-state index is -0.556. The summed E-state index contributed by atoms with van der Waals surface area (Å²) in [4.78, 5) is 0. The Labute approximate surface area is 197 Å². The van der Waals surface area contributed by atoms with E-state index < -0.39 is 17.0 Å². The second kappa shape index (κ2) is 12.5. The van der Waals surface area contributed by atoms with Gasteiger partial charge in [0, 0.05) is 0 Å². The number of aliphatic hydroxyl groups is 1. The van der Waals surface area contributed by atoms with Crippen molar-refractivity contribution in [3.8, 4) is 0 Å². The van der Waals surface area contributed by atoms with Gasteiger partial charge in [-0.25, -0.2) is 0 Å². The van der Waals surface area contributed by atoms with E-state index in [1.165, 1.54) is 38.6 Å². The van der Waals surface area contributed by atoms with Gasteiger partial charge in [0.1, 0.15) is 0 Å². The Bertz CT molecular complexity index is 1030. The molecular weight excluding hydrogens is 447 g/mol. The Morgan fingerprint density at radius 3 is 2.00 bits per heavy atom. The Kier molecular flexibility index (Phi) is 10.4. The molecule has 0 saturated carbocycles. The van der Waals surface area contributed by atoms with Crippen molar-refractivity contribution < 1.29 is 22.1 Å². The summed E-state index contributed by atoms with van der Waals surface area (Å²) >= 11 is -0.556. The fraction of sp³-hybridized carbons (Fsp3) is 0.231. The van der Waals surface area contributed by atoms with E-state index in [1.807, 2.05) is 30.3 Å². The van der Waals surface area contributed by atoms with Crippen LogP contribution in [0.15, 0.2) is 83.4 Å². The summed E-state index contributed by atoms with van der Waals surface area (Å²) in [5.41, 5.74) is 8.03.